The number of halogens is 1. The number of ether oxygens (including phenoxy) is 1. The highest BCUT2D eigenvalue weighted by atomic mass is 79.9. The summed E-state index contributed by atoms with van der Waals surface area (Å²) in [4.78, 5) is 32.7. The number of phenolic OH excluding ortho intramolecular Hbond substituents is 1. The number of hydrogen-bond donors (Lipinski definition) is 1. The van der Waals surface area contributed by atoms with E-state index in [1.165, 1.54) is 7.11 Å². The topological polar surface area (TPSA) is 92.9 Å². The summed E-state index contributed by atoms with van der Waals surface area (Å²) in [5, 5.41) is 10.7. The van der Waals surface area contributed by atoms with E-state index in [1.807, 2.05) is 6.07 Å². The Morgan fingerprint density at radius 2 is 2.00 bits per heavy atom. The fourth-order valence-electron chi connectivity index (χ4n) is 4.07. The molecular formula is C24H17BrN2O5. The van der Waals surface area contributed by atoms with Crippen molar-refractivity contribution in [2.45, 2.75) is 12.6 Å². The minimum atomic E-state index is -0.732. The number of carbonyl (C=O) groups is 1. The van der Waals surface area contributed by atoms with Crippen molar-refractivity contribution in [2.75, 3.05) is 7.11 Å². The van der Waals surface area contributed by atoms with Crippen LogP contribution in [-0.2, 0) is 6.54 Å². The van der Waals surface area contributed by atoms with E-state index in [0.29, 0.717) is 21.0 Å². The maximum absolute atomic E-state index is 13.5. The first-order chi connectivity index (χ1) is 15.5. The summed E-state index contributed by atoms with van der Waals surface area (Å²) in [5.41, 5.74) is 1.76. The second kappa shape index (κ2) is 7.80. The molecule has 32 heavy (non-hydrogen) atoms. The summed E-state index contributed by atoms with van der Waals surface area (Å²) in [7, 11) is 1.44. The minimum absolute atomic E-state index is 0.0192. The molecule has 0 aliphatic carbocycles. The summed E-state index contributed by atoms with van der Waals surface area (Å²) in [6.07, 6.45) is 3.33. The highest BCUT2D eigenvalue weighted by Crippen LogP contribution is 2.44. The first kappa shape index (κ1) is 20.3. The number of amides is 1. The molecule has 3 heterocycles. The zero-order valence-electron chi connectivity index (χ0n) is 16.9. The molecule has 2 aromatic heterocycles. The van der Waals surface area contributed by atoms with E-state index in [4.69, 9.17) is 9.15 Å². The van der Waals surface area contributed by atoms with Crippen molar-refractivity contribution < 1.29 is 19.1 Å². The lowest BCUT2D eigenvalue weighted by Crippen LogP contribution is -2.29. The summed E-state index contributed by atoms with van der Waals surface area (Å²) < 4.78 is 11.6. The Morgan fingerprint density at radius 1 is 1.19 bits per heavy atom. The molecule has 0 spiro atoms. The lowest BCUT2D eigenvalue weighted by molar-refractivity contribution is 0.0714. The van der Waals surface area contributed by atoms with Gasteiger partial charge in [-0.1, -0.05) is 18.2 Å². The predicted octanol–water partition coefficient (Wildman–Crippen LogP) is 4.41. The monoisotopic (exact) mass is 492 g/mol. The van der Waals surface area contributed by atoms with Gasteiger partial charge in [-0.25, -0.2) is 0 Å². The molecule has 0 saturated heterocycles. The molecule has 0 fully saturated rings. The maximum atomic E-state index is 13.5. The standard InChI is InChI=1S/C24H17BrN2O5/c1-31-18-10-14(9-16(25)22(18)29)20-19-21(28)15-6-2-3-7-17(15)32-23(19)24(30)27(20)12-13-5-4-8-26-11-13/h2-11,20,29H,12H2,1H3. The lowest BCUT2D eigenvalue weighted by Gasteiger charge is -2.26. The number of aromatic nitrogens is 1. The second-order valence-corrected chi connectivity index (χ2v) is 8.27. The van der Waals surface area contributed by atoms with Gasteiger partial charge in [0.25, 0.3) is 5.91 Å². The van der Waals surface area contributed by atoms with Gasteiger partial charge in [-0.15, -0.1) is 0 Å². The predicted molar refractivity (Wildman–Crippen MR) is 121 cm³/mol. The number of benzene rings is 2. The molecule has 160 valence electrons. The number of hydrogen-bond acceptors (Lipinski definition) is 6. The van der Waals surface area contributed by atoms with Crippen LogP contribution in [0, 0.1) is 0 Å². The molecule has 7 nitrogen and oxygen atoms in total. The number of aromatic hydroxyl groups is 1. The van der Waals surface area contributed by atoms with Crippen LogP contribution in [0.1, 0.15) is 33.3 Å². The van der Waals surface area contributed by atoms with Gasteiger partial charge in [0.15, 0.2) is 16.9 Å². The molecule has 1 atom stereocenters. The van der Waals surface area contributed by atoms with E-state index >= 15 is 0 Å². The molecule has 1 unspecified atom stereocenters. The van der Waals surface area contributed by atoms with Gasteiger partial charge in [0.1, 0.15) is 5.58 Å². The van der Waals surface area contributed by atoms with Crippen LogP contribution in [0.2, 0.25) is 0 Å². The molecule has 1 aliphatic heterocycles. The van der Waals surface area contributed by atoms with E-state index in [9.17, 15) is 14.7 Å². The second-order valence-electron chi connectivity index (χ2n) is 7.42. The highest BCUT2D eigenvalue weighted by molar-refractivity contribution is 9.10. The first-order valence-corrected chi connectivity index (χ1v) is 10.6. The summed E-state index contributed by atoms with van der Waals surface area (Å²) >= 11 is 3.34. The van der Waals surface area contributed by atoms with E-state index < -0.39 is 6.04 Å². The SMILES string of the molecule is COc1cc(C2c3c(oc4ccccc4c3=O)C(=O)N2Cc2cccnc2)cc(Br)c1O. The van der Waals surface area contributed by atoms with Gasteiger partial charge in [-0.05, 0) is 57.4 Å². The number of para-hydroxylation sites is 1. The Hall–Kier alpha value is -3.65. The molecule has 1 amide bonds. The van der Waals surface area contributed by atoms with Gasteiger partial charge in [0, 0.05) is 18.9 Å². The summed E-state index contributed by atoms with van der Waals surface area (Å²) in [6.45, 7) is 0.220. The van der Waals surface area contributed by atoms with Crippen LogP contribution >= 0.6 is 15.9 Å². The van der Waals surface area contributed by atoms with Crippen LogP contribution < -0.4 is 10.2 Å². The Bertz CT molecular complexity index is 1420. The molecule has 1 N–H and O–H groups in total. The van der Waals surface area contributed by atoms with Crippen LogP contribution in [0.3, 0.4) is 0 Å². The van der Waals surface area contributed by atoms with Crippen LogP contribution in [0.4, 0.5) is 0 Å². The zero-order chi connectivity index (χ0) is 22.4. The number of methoxy groups -OCH3 is 1. The van der Waals surface area contributed by atoms with E-state index in [0.717, 1.165) is 5.56 Å². The molecule has 0 saturated carbocycles. The van der Waals surface area contributed by atoms with Crippen molar-refractivity contribution >= 4 is 32.8 Å². The Labute approximate surface area is 191 Å². The molecule has 8 heteroatoms. The van der Waals surface area contributed by atoms with Crippen LogP contribution in [0.5, 0.6) is 11.5 Å². The quantitative estimate of drug-likeness (QED) is 0.453. The molecular weight excluding hydrogens is 476 g/mol. The average Bonchev–Trinajstić information content (AvgIpc) is 3.08. The first-order valence-electron chi connectivity index (χ1n) is 9.81. The van der Waals surface area contributed by atoms with Crippen molar-refractivity contribution in [3.05, 3.63) is 98.1 Å². The number of nitrogens with zero attached hydrogens (tertiary/aromatic N) is 2. The summed E-state index contributed by atoms with van der Waals surface area (Å²) in [5.74, 6) is -0.211. The van der Waals surface area contributed by atoms with Gasteiger partial charge < -0.3 is 19.2 Å². The zero-order valence-corrected chi connectivity index (χ0v) is 18.5. The molecule has 1 aliphatic rings. The Morgan fingerprint density at radius 3 is 2.75 bits per heavy atom. The normalized spacial score (nSPS) is 15.2. The summed E-state index contributed by atoms with van der Waals surface area (Å²) in [6, 6.07) is 13.1. The average molecular weight is 493 g/mol. The fraction of sp³-hybridized carbons (Fsp3) is 0.125. The van der Waals surface area contributed by atoms with Gasteiger partial charge in [-0.2, -0.15) is 0 Å². The third kappa shape index (κ3) is 3.15. The van der Waals surface area contributed by atoms with Crippen LogP contribution in [0.15, 0.2) is 74.6 Å². The van der Waals surface area contributed by atoms with E-state index in [2.05, 4.69) is 20.9 Å². The third-order valence-corrected chi connectivity index (χ3v) is 6.14. The van der Waals surface area contributed by atoms with Crippen molar-refractivity contribution in [2.24, 2.45) is 0 Å². The molecule has 4 aromatic rings. The Kier molecular flexibility index (Phi) is 4.94. The van der Waals surface area contributed by atoms with Crippen molar-refractivity contribution in [1.82, 2.24) is 9.88 Å². The lowest BCUT2D eigenvalue weighted by atomic mass is 9.98. The third-order valence-electron chi connectivity index (χ3n) is 5.54. The number of fused-ring (bicyclic) bond motifs is 2. The fourth-order valence-corrected chi connectivity index (χ4v) is 4.53. The number of phenols is 1. The van der Waals surface area contributed by atoms with Crippen molar-refractivity contribution in [3.63, 3.8) is 0 Å². The molecule has 0 bridgehead atoms. The van der Waals surface area contributed by atoms with Crippen molar-refractivity contribution in [3.8, 4) is 11.5 Å². The largest absolute Gasteiger partial charge is 0.503 e. The van der Waals surface area contributed by atoms with Crippen molar-refractivity contribution in [1.29, 1.82) is 0 Å². The number of rotatable bonds is 4. The van der Waals surface area contributed by atoms with Gasteiger partial charge >= 0.3 is 0 Å². The van der Waals surface area contributed by atoms with E-state index in [-0.39, 0.29) is 40.7 Å². The van der Waals surface area contributed by atoms with Crippen LogP contribution in [-0.4, -0.2) is 28.0 Å². The molecule has 2 aromatic carbocycles. The smallest absolute Gasteiger partial charge is 0.291 e. The van der Waals surface area contributed by atoms with Gasteiger partial charge in [0.2, 0.25) is 5.76 Å². The van der Waals surface area contributed by atoms with Gasteiger partial charge in [0.05, 0.1) is 28.6 Å². The van der Waals surface area contributed by atoms with E-state index in [1.54, 1.807) is 59.8 Å². The number of carbonyl (C=O) groups excluding carboxylic acids is 1. The maximum Gasteiger partial charge on any atom is 0.291 e. The van der Waals surface area contributed by atoms with Crippen LogP contribution in [0.25, 0.3) is 11.0 Å². The molecule has 5 rings (SSSR count). The number of pyridine rings is 1. The Balaban J connectivity index is 1.76. The minimum Gasteiger partial charge on any atom is -0.503 e. The highest BCUT2D eigenvalue weighted by Gasteiger charge is 2.43. The molecule has 0 radical (unpaired) electrons. The van der Waals surface area contributed by atoms with Gasteiger partial charge in [-0.3, -0.25) is 14.6 Å².